The molecule has 146 valence electrons. The summed E-state index contributed by atoms with van der Waals surface area (Å²) in [5, 5.41) is 7.28. The van der Waals surface area contributed by atoms with Crippen molar-refractivity contribution in [3.8, 4) is 0 Å². The third kappa shape index (κ3) is 4.65. The molecule has 0 fully saturated rings. The van der Waals surface area contributed by atoms with Gasteiger partial charge in [-0.1, -0.05) is 23.3 Å². The molecule has 1 unspecified atom stereocenters. The van der Waals surface area contributed by atoms with Gasteiger partial charge in [0.2, 0.25) is 5.82 Å². The van der Waals surface area contributed by atoms with Gasteiger partial charge in [0.05, 0.1) is 11.8 Å². The van der Waals surface area contributed by atoms with E-state index in [9.17, 15) is 13.2 Å². The van der Waals surface area contributed by atoms with Gasteiger partial charge < -0.3 is 13.8 Å². The van der Waals surface area contributed by atoms with Gasteiger partial charge in [-0.05, 0) is 31.9 Å². The number of hydrogen-bond donors (Lipinski definition) is 0. The van der Waals surface area contributed by atoms with Crippen molar-refractivity contribution >= 4 is 5.57 Å². The van der Waals surface area contributed by atoms with E-state index in [0.717, 1.165) is 29.9 Å². The minimum absolute atomic E-state index is 0.0367. The highest BCUT2D eigenvalue weighted by atomic mass is 19.4. The number of allylic oxidation sites excluding steroid dienone is 2. The fourth-order valence-corrected chi connectivity index (χ4v) is 3.03. The predicted octanol–water partition coefficient (Wildman–Crippen LogP) is 4.38. The molecule has 2 heterocycles. The van der Waals surface area contributed by atoms with Gasteiger partial charge in [0.25, 0.3) is 0 Å². The molecule has 2 aromatic rings. The maximum atomic E-state index is 12.6. The van der Waals surface area contributed by atoms with E-state index in [-0.39, 0.29) is 17.8 Å². The van der Waals surface area contributed by atoms with Crippen LogP contribution in [0.1, 0.15) is 43.4 Å². The molecule has 0 spiro atoms. The Labute approximate surface area is 154 Å². The zero-order valence-corrected chi connectivity index (χ0v) is 15.2. The van der Waals surface area contributed by atoms with Crippen molar-refractivity contribution in [3.63, 3.8) is 0 Å². The fraction of sp³-hybridized carbons (Fsp3) is 0.500. The first-order valence-corrected chi connectivity index (χ1v) is 8.59. The Bertz CT molecular complexity index is 851. The average molecular weight is 383 g/mol. The molecule has 0 aliphatic heterocycles. The number of aryl methyl sites for hydroxylation is 2. The number of ether oxygens (including phenoxy) is 1. The topological polar surface area (TPSA) is 74.2 Å². The van der Waals surface area contributed by atoms with Crippen LogP contribution in [0.4, 0.5) is 13.2 Å². The summed E-state index contributed by atoms with van der Waals surface area (Å²) in [4.78, 5) is 3.44. The molecule has 1 aliphatic rings. The van der Waals surface area contributed by atoms with E-state index < -0.39 is 12.1 Å². The van der Waals surface area contributed by atoms with Crippen LogP contribution in [0.25, 0.3) is 5.57 Å². The van der Waals surface area contributed by atoms with Crippen molar-refractivity contribution in [2.45, 2.75) is 45.9 Å². The van der Waals surface area contributed by atoms with Gasteiger partial charge in [-0.3, -0.25) is 0 Å². The summed E-state index contributed by atoms with van der Waals surface area (Å²) in [7, 11) is 0. The van der Waals surface area contributed by atoms with Gasteiger partial charge in [0.15, 0.2) is 0 Å². The van der Waals surface area contributed by atoms with Crippen molar-refractivity contribution in [2.24, 2.45) is 5.92 Å². The van der Waals surface area contributed by atoms with Crippen LogP contribution >= 0.6 is 0 Å². The van der Waals surface area contributed by atoms with Gasteiger partial charge in [-0.2, -0.15) is 18.2 Å². The van der Waals surface area contributed by atoms with Crippen molar-refractivity contribution in [2.75, 3.05) is 6.61 Å². The first-order valence-electron chi connectivity index (χ1n) is 8.59. The molecule has 27 heavy (non-hydrogen) atoms. The standard InChI is InChI=1S/C18H20F3N3O3/c1-10-7-13(16-22-17(27-24-16)18(19,20)21)8-11(2)15(10)25-6-4-5-14-9-12(3)23-26-14/h7-10,15H,4-6H2,1-3H3/t10?,15-/m0/s1. The summed E-state index contributed by atoms with van der Waals surface area (Å²) in [6, 6.07) is 1.89. The Kier molecular flexibility index (Phi) is 5.50. The van der Waals surface area contributed by atoms with Crippen LogP contribution in [0.2, 0.25) is 0 Å². The highest BCUT2D eigenvalue weighted by Crippen LogP contribution is 2.32. The van der Waals surface area contributed by atoms with Gasteiger partial charge in [-0.25, -0.2) is 0 Å². The predicted molar refractivity (Wildman–Crippen MR) is 89.5 cm³/mol. The lowest BCUT2D eigenvalue weighted by molar-refractivity contribution is -0.159. The van der Waals surface area contributed by atoms with Crippen LogP contribution in [-0.4, -0.2) is 28.0 Å². The minimum atomic E-state index is -4.65. The molecule has 3 rings (SSSR count). The van der Waals surface area contributed by atoms with E-state index in [1.165, 1.54) is 0 Å². The van der Waals surface area contributed by atoms with Crippen LogP contribution in [0.3, 0.4) is 0 Å². The average Bonchev–Trinajstić information content (AvgIpc) is 3.22. The molecule has 2 aromatic heterocycles. The number of nitrogens with zero attached hydrogens (tertiary/aromatic N) is 3. The summed E-state index contributed by atoms with van der Waals surface area (Å²) in [5.41, 5.74) is 2.24. The Morgan fingerprint density at radius 3 is 2.56 bits per heavy atom. The van der Waals surface area contributed by atoms with Crippen LogP contribution in [0, 0.1) is 12.8 Å². The first kappa shape index (κ1) is 19.3. The smallest absolute Gasteiger partial charge is 0.373 e. The number of hydrogen-bond acceptors (Lipinski definition) is 6. The lowest BCUT2D eigenvalue weighted by atomic mass is 9.89. The van der Waals surface area contributed by atoms with E-state index in [4.69, 9.17) is 9.26 Å². The van der Waals surface area contributed by atoms with Crippen molar-refractivity contribution in [1.29, 1.82) is 0 Å². The molecule has 0 N–H and O–H groups in total. The molecular formula is C18H20F3N3O3. The Hall–Kier alpha value is -2.42. The first-order chi connectivity index (χ1) is 12.7. The zero-order chi connectivity index (χ0) is 19.6. The minimum Gasteiger partial charge on any atom is -0.373 e. The van der Waals surface area contributed by atoms with Gasteiger partial charge in [0.1, 0.15) is 5.76 Å². The molecule has 0 amide bonds. The normalized spacial score (nSPS) is 20.5. The lowest BCUT2D eigenvalue weighted by Gasteiger charge is -2.27. The highest BCUT2D eigenvalue weighted by Gasteiger charge is 2.39. The Morgan fingerprint density at radius 2 is 1.96 bits per heavy atom. The number of aromatic nitrogens is 3. The van der Waals surface area contributed by atoms with Gasteiger partial charge in [0, 0.05) is 30.6 Å². The van der Waals surface area contributed by atoms with E-state index in [0.29, 0.717) is 12.2 Å². The second kappa shape index (κ2) is 7.67. The Balaban J connectivity index is 1.58. The molecule has 1 aliphatic carbocycles. The number of halogens is 3. The van der Waals surface area contributed by atoms with E-state index in [1.54, 1.807) is 12.2 Å². The third-order valence-corrected chi connectivity index (χ3v) is 4.22. The maximum absolute atomic E-state index is 12.6. The number of alkyl halides is 3. The maximum Gasteiger partial charge on any atom is 0.471 e. The van der Waals surface area contributed by atoms with Crippen molar-refractivity contribution in [3.05, 3.63) is 47.0 Å². The third-order valence-electron chi connectivity index (χ3n) is 4.22. The summed E-state index contributed by atoms with van der Waals surface area (Å²) in [6.07, 6.45) is 0.228. The monoisotopic (exact) mass is 383 g/mol. The van der Waals surface area contributed by atoms with Crippen LogP contribution in [0.5, 0.6) is 0 Å². The number of rotatable bonds is 6. The van der Waals surface area contributed by atoms with Gasteiger partial charge in [-0.15, -0.1) is 0 Å². The molecule has 0 saturated carbocycles. The van der Waals surface area contributed by atoms with Crippen LogP contribution in [0.15, 0.2) is 32.8 Å². The SMILES string of the molecule is CC1=CC(c2noc(C(F)(F)F)n2)=CC(C)[C@@H]1OCCCc1cc(C)no1. The lowest BCUT2D eigenvalue weighted by Crippen LogP contribution is -2.25. The molecule has 0 radical (unpaired) electrons. The van der Waals surface area contributed by atoms with E-state index >= 15 is 0 Å². The Morgan fingerprint density at radius 1 is 1.19 bits per heavy atom. The highest BCUT2D eigenvalue weighted by molar-refractivity contribution is 5.72. The van der Waals surface area contributed by atoms with Crippen molar-refractivity contribution < 1.29 is 27.0 Å². The van der Waals surface area contributed by atoms with Crippen LogP contribution in [-0.2, 0) is 17.3 Å². The summed E-state index contributed by atoms with van der Waals surface area (Å²) < 4.78 is 53.3. The summed E-state index contributed by atoms with van der Waals surface area (Å²) in [5.74, 6) is -0.643. The van der Waals surface area contributed by atoms with E-state index in [2.05, 4.69) is 19.8 Å². The molecule has 0 aromatic carbocycles. The molecule has 2 atom stereocenters. The second-order valence-electron chi connectivity index (χ2n) is 6.62. The molecule has 0 saturated heterocycles. The van der Waals surface area contributed by atoms with Gasteiger partial charge >= 0.3 is 12.1 Å². The molecular weight excluding hydrogens is 363 g/mol. The summed E-state index contributed by atoms with van der Waals surface area (Å²) in [6.45, 7) is 6.21. The van der Waals surface area contributed by atoms with Crippen molar-refractivity contribution in [1.82, 2.24) is 15.3 Å². The summed E-state index contributed by atoms with van der Waals surface area (Å²) >= 11 is 0. The second-order valence-corrected chi connectivity index (χ2v) is 6.62. The quantitative estimate of drug-likeness (QED) is 0.689. The largest absolute Gasteiger partial charge is 0.471 e. The fourth-order valence-electron chi connectivity index (χ4n) is 3.03. The zero-order valence-electron chi connectivity index (χ0n) is 15.2. The molecule has 0 bridgehead atoms. The van der Waals surface area contributed by atoms with Crippen LogP contribution < -0.4 is 0 Å². The van der Waals surface area contributed by atoms with E-state index in [1.807, 2.05) is 26.8 Å². The molecule has 6 nitrogen and oxygen atoms in total. The molecule has 9 heteroatoms.